The van der Waals surface area contributed by atoms with Crippen LogP contribution in [-0.4, -0.2) is 44.0 Å². The molecule has 0 saturated heterocycles. The first-order chi connectivity index (χ1) is 18.3. The zero-order chi connectivity index (χ0) is 26.9. The highest BCUT2D eigenvalue weighted by Gasteiger charge is 2.28. The molecule has 0 fully saturated rings. The summed E-state index contributed by atoms with van der Waals surface area (Å²) in [7, 11) is -0.563. The Morgan fingerprint density at radius 1 is 1.05 bits per heavy atom. The quantitative estimate of drug-likeness (QED) is 0.319. The molecule has 38 heavy (non-hydrogen) atoms. The summed E-state index contributed by atoms with van der Waals surface area (Å²) >= 11 is 1.35. The Balaban J connectivity index is 1.44. The highest BCUT2D eigenvalue weighted by atomic mass is 32.2. The number of allylic oxidation sites excluding steroid dienone is 1. The van der Waals surface area contributed by atoms with Crippen LogP contribution in [0.25, 0.3) is 10.2 Å². The molecule has 196 valence electrons. The Labute approximate surface area is 225 Å². The van der Waals surface area contributed by atoms with E-state index in [0.29, 0.717) is 47.9 Å². The molecule has 0 atom stereocenters. The van der Waals surface area contributed by atoms with Crippen molar-refractivity contribution in [3.8, 4) is 11.5 Å². The summed E-state index contributed by atoms with van der Waals surface area (Å²) in [6, 6.07) is 17.5. The molecule has 3 aromatic carbocycles. The van der Waals surface area contributed by atoms with E-state index < -0.39 is 15.9 Å². The van der Waals surface area contributed by atoms with Gasteiger partial charge in [-0.25, -0.2) is 8.42 Å². The van der Waals surface area contributed by atoms with Crippen molar-refractivity contribution < 1.29 is 22.7 Å². The average Bonchev–Trinajstić information content (AvgIpc) is 3.27. The number of hydrogen-bond acceptors (Lipinski definition) is 6. The fourth-order valence-corrected chi connectivity index (χ4v) is 7.00. The molecule has 4 aromatic rings. The Morgan fingerprint density at radius 2 is 1.74 bits per heavy atom. The molecular formula is C28H27N3O5S2. The number of nitrogens with zero attached hydrogens (tertiary/aromatic N) is 3. The molecule has 0 N–H and O–H groups in total. The van der Waals surface area contributed by atoms with Gasteiger partial charge in [0.1, 0.15) is 0 Å². The lowest BCUT2D eigenvalue weighted by atomic mass is 10.0. The number of amides is 1. The smallest absolute Gasteiger partial charge is 0.279 e. The maximum atomic E-state index is 13.3. The number of methoxy groups -OCH3 is 2. The van der Waals surface area contributed by atoms with Crippen molar-refractivity contribution in [3.05, 3.63) is 94.8 Å². The van der Waals surface area contributed by atoms with Gasteiger partial charge in [-0.1, -0.05) is 41.7 Å². The van der Waals surface area contributed by atoms with Crippen LogP contribution in [0.1, 0.15) is 21.5 Å². The molecule has 2 heterocycles. The molecule has 1 aliphatic rings. The lowest BCUT2D eigenvalue weighted by molar-refractivity contribution is 0.0997. The van der Waals surface area contributed by atoms with E-state index in [4.69, 9.17) is 9.47 Å². The number of thiazole rings is 1. The second-order valence-corrected chi connectivity index (χ2v) is 11.7. The first-order valence-corrected chi connectivity index (χ1v) is 14.2. The topological polar surface area (TPSA) is 90.2 Å². The lowest BCUT2D eigenvalue weighted by Crippen LogP contribution is -2.35. The Hall–Kier alpha value is -3.73. The van der Waals surface area contributed by atoms with Crippen molar-refractivity contribution in [1.29, 1.82) is 0 Å². The minimum Gasteiger partial charge on any atom is -0.493 e. The SMILES string of the molecule is C=CCn1c(=NC(=O)c2ccc(S(=O)(=O)N3CCc4ccccc4C3)cc2)sc2cc(OC)c(OC)cc21. The summed E-state index contributed by atoms with van der Waals surface area (Å²) < 4.78 is 41.6. The summed E-state index contributed by atoms with van der Waals surface area (Å²) in [5.74, 6) is 0.686. The maximum Gasteiger partial charge on any atom is 0.279 e. The van der Waals surface area contributed by atoms with E-state index in [0.717, 1.165) is 15.8 Å². The number of benzene rings is 3. The van der Waals surface area contributed by atoms with Gasteiger partial charge in [-0.2, -0.15) is 9.30 Å². The van der Waals surface area contributed by atoms with Gasteiger partial charge in [0.2, 0.25) is 10.0 Å². The molecule has 0 radical (unpaired) electrons. The van der Waals surface area contributed by atoms with E-state index in [2.05, 4.69) is 11.6 Å². The van der Waals surface area contributed by atoms with Gasteiger partial charge in [0, 0.05) is 37.3 Å². The Kier molecular flexibility index (Phi) is 7.20. The van der Waals surface area contributed by atoms with Crippen molar-refractivity contribution in [2.45, 2.75) is 24.4 Å². The lowest BCUT2D eigenvalue weighted by Gasteiger charge is -2.28. The van der Waals surface area contributed by atoms with Gasteiger partial charge in [-0.05, 0) is 41.8 Å². The number of sulfonamides is 1. The van der Waals surface area contributed by atoms with E-state index in [-0.39, 0.29) is 4.90 Å². The van der Waals surface area contributed by atoms with Crippen LogP contribution in [-0.2, 0) is 29.5 Å². The van der Waals surface area contributed by atoms with Gasteiger partial charge in [0.15, 0.2) is 16.3 Å². The molecule has 0 spiro atoms. The van der Waals surface area contributed by atoms with Gasteiger partial charge in [0.05, 0.1) is 29.3 Å². The van der Waals surface area contributed by atoms with Crippen LogP contribution in [0.15, 0.2) is 83.2 Å². The molecule has 10 heteroatoms. The highest BCUT2D eigenvalue weighted by molar-refractivity contribution is 7.89. The minimum absolute atomic E-state index is 0.149. The molecule has 0 aliphatic carbocycles. The van der Waals surface area contributed by atoms with E-state index in [9.17, 15) is 13.2 Å². The molecule has 1 aliphatic heterocycles. The second kappa shape index (κ2) is 10.6. The van der Waals surface area contributed by atoms with Crippen molar-refractivity contribution in [2.75, 3.05) is 20.8 Å². The van der Waals surface area contributed by atoms with E-state index in [1.54, 1.807) is 20.3 Å². The normalized spacial score (nSPS) is 14.3. The predicted octanol–water partition coefficient (Wildman–Crippen LogP) is 4.39. The van der Waals surface area contributed by atoms with Crippen molar-refractivity contribution in [1.82, 2.24) is 8.87 Å². The third-order valence-electron chi connectivity index (χ3n) is 6.53. The second-order valence-electron chi connectivity index (χ2n) is 8.76. The summed E-state index contributed by atoms with van der Waals surface area (Å²) in [5, 5.41) is 0. The van der Waals surface area contributed by atoms with Crippen molar-refractivity contribution in [3.63, 3.8) is 0 Å². The molecule has 8 nitrogen and oxygen atoms in total. The van der Waals surface area contributed by atoms with Crippen LogP contribution in [0, 0.1) is 0 Å². The monoisotopic (exact) mass is 549 g/mol. The summed E-state index contributed by atoms with van der Waals surface area (Å²) in [6.45, 7) is 5.01. The number of ether oxygens (including phenoxy) is 2. The summed E-state index contributed by atoms with van der Waals surface area (Å²) in [6.07, 6.45) is 2.40. The molecule has 0 saturated carbocycles. The van der Waals surface area contributed by atoms with Crippen LogP contribution in [0.4, 0.5) is 0 Å². The van der Waals surface area contributed by atoms with Crippen LogP contribution in [0.5, 0.6) is 11.5 Å². The number of rotatable bonds is 7. The van der Waals surface area contributed by atoms with E-state index >= 15 is 0 Å². The highest BCUT2D eigenvalue weighted by Crippen LogP contribution is 2.33. The summed E-state index contributed by atoms with van der Waals surface area (Å²) in [5.41, 5.74) is 3.32. The average molecular weight is 550 g/mol. The van der Waals surface area contributed by atoms with Crippen LogP contribution in [0.2, 0.25) is 0 Å². The molecule has 0 unspecified atom stereocenters. The largest absolute Gasteiger partial charge is 0.493 e. The zero-order valence-corrected chi connectivity index (χ0v) is 22.7. The fourth-order valence-electron chi connectivity index (χ4n) is 4.53. The van der Waals surface area contributed by atoms with Crippen LogP contribution < -0.4 is 14.3 Å². The Bertz CT molecular complexity index is 1700. The van der Waals surface area contributed by atoms with Crippen molar-refractivity contribution >= 4 is 37.5 Å². The Morgan fingerprint density at radius 3 is 2.42 bits per heavy atom. The molecular weight excluding hydrogens is 522 g/mol. The van der Waals surface area contributed by atoms with Crippen LogP contribution in [0.3, 0.4) is 0 Å². The standard InChI is InChI=1S/C28H27N3O5S2/c1-4-14-31-23-16-24(35-2)25(36-3)17-26(23)37-28(31)29-27(32)20-9-11-22(12-10-20)38(33,34)30-15-13-19-7-5-6-8-21(19)18-30/h4-12,16-17H,1,13-15,18H2,2-3H3. The summed E-state index contributed by atoms with van der Waals surface area (Å²) in [4.78, 5) is 18.1. The van der Waals surface area contributed by atoms with Gasteiger partial charge in [0.25, 0.3) is 5.91 Å². The van der Waals surface area contributed by atoms with Gasteiger partial charge in [-0.15, -0.1) is 6.58 Å². The fraction of sp³-hybridized carbons (Fsp3) is 0.214. The molecule has 5 rings (SSSR count). The number of hydrogen-bond donors (Lipinski definition) is 0. The molecule has 1 amide bonds. The number of fused-ring (bicyclic) bond motifs is 2. The molecule has 0 bridgehead atoms. The first kappa shape index (κ1) is 25.9. The zero-order valence-electron chi connectivity index (χ0n) is 21.1. The number of carbonyl (C=O) groups is 1. The van der Waals surface area contributed by atoms with Crippen molar-refractivity contribution in [2.24, 2.45) is 4.99 Å². The van der Waals surface area contributed by atoms with Gasteiger partial charge >= 0.3 is 0 Å². The first-order valence-electron chi connectivity index (χ1n) is 12.0. The van der Waals surface area contributed by atoms with E-state index in [1.807, 2.05) is 41.0 Å². The third-order valence-corrected chi connectivity index (χ3v) is 9.43. The van der Waals surface area contributed by atoms with Gasteiger partial charge in [-0.3, -0.25) is 4.79 Å². The third kappa shape index (κ3) is 4.78. The van der Waals surface area contributed by atoms with Gasteiger partial charge < -0.3 is 14.0 Å². The number of aromatic nitrogens is 1. The predicted molar refractivity (Wildman–Crippen MR) is 147 cm³/mol. The molecule has 1 aromatic heterocycles. The van der Waals surface area contributed by atoms with E-state index in [1.165, 1.54) is 45.5 Å². The maximum absolute atomic E-state index is 13.3. The minimum atomic E-state index is -3.70. The number of carbonyl (C=O) groups excluding carboxylic acids is 1. The van der Waals surface area contributed by atoms with Crippen LogP contribution >= 0.6 is 11.3 Å².